The molecule has 0 fully saturated rings. The third kappa shape index (κ3) is 4.64. The Hall–Kier alpha value is -3.75. The van der Waals surface area contributed by atoms with E-state index in [2.05, 4.69) is 4.98 Å². The zero-order valence-corrected chi connectivity index (χ0v) is 19.9. The molecule has 2 amide bonds. The average Bonchev–Trinajstić information content (AvgIpc) is 3.17. The van der Waals surface area contributed by atoms with Crippen LogP contribution in [0, 0.1) is 5.82 Å². The van der Waals surface area contributed by atoms with E-state index in [1.165, 1.54) is 21.9 Å². The molecular weight excluding hydrogens is 437 g/mol. The van der Waals surface area contributed by atoms with E-state index < -0.39 is 17.7 Å². The fourth-order valence-electron chi connectivity index (χ4n) is 3.99. The summed E-state index contributed by atoms with van der Waals surface area (Å²) >= 11 is 0. The predicted molar refractivity (Wildman–Crippen MR) is 125 cm³/mol. The summed E-state index contributed by atoms with van der Waals surface area (Å²) in [6.45, 7) is 5.74. The second kappa shape index (κ2) is 8.89. The van der Waals surface area contributed by atoms with Gasteiger partial charge in [-0.1, -0.05) is 0 Å². The van der Waals surface area contributed by atoms with Gasteiger partial charge in [0.15, 0.2) is 0 Å². The highest BCUT2D eigenvalue weighted by Crippen LogP contribution is 2.39. The zero-order chi connectivity index (χ0) is 24.6. The molecule has 1 aromatic carbocycles. The first-order valence-electron chi connectivity index (χ1n) is 11.0. The van der Waals surface area contributed by atoms with Crippen LogP contribution in [0.4, 0.5) is 9.18 Å². The van der Waals surface area contributed by atoms with Gasteiger partial charge in [0.1, 0.15) is 23.2 Å². The Morgan fingerprint density at radius 3 is 2.29 bits per heavy atom. The van der Waals surface area contributed by atoms with Gasteiger partial charge in [0.2, 0.25) is 5.91 Å². The van der Waals surface area contributed by atoms with Crippen LogP contribution in [0.5, 0.6) is 0 Å². The van der Waals surface area contributed by atoms with Gasteiger partial charge in [-0.3, -0.25) is 19.4 Å². The Morgan fingerprint density at radius 1 is 1.06 bits per heavy atom. The number of amides is 2. The summed E-state index contributed by atoms with van der Waals surface area (Å²) in [7, 11) is 3.34. The summed E-state index contributed by atoms with van der Waals surface area (Å²) < 4.78 is 20.9. The molecule has 1 aliphatic rings. The Bertz CT molecular complexity index is 1200. The van der Waals surface area contributed by atoms with E-state index in [9.17, 15) is 14.0 Å². The van der Waals surface area contributed by atoms with Crippen molar-refractivity contribution in [1.82, 2.24) is 24.6 Å². The van der Waals surface area contributed by atoms with Gasteiger partial charge in [-0.15, -0.1) is 0 Å². The number of aromatic nitrogens is 3. The summed E-state index contributed by atoms with van der Waals surface area (Å²) in [4.78, 5) is 33.3. The van der Waals surface area contributed by atoms with Crippen LogP contribution in [0.3, 0.4) is 0 Å². The summed E-state index contributed by atoms with van der Waals surface area (Å²) in [5.41, 5.74) is 2.92. The molecule has 0 saturated carbocycles. The Kier molecular flexibility index (Phi) is 6.12. The molecule has 2 aromatic heterocycles. The van der Waals surface area contributed by atoms with E-state index in [4.69, 9.17) is 9.84 Å². The highest BCUT2D eigenvalue weighted by Gasteiger charge is 2.38. The van der Waals surface area contributed by atoms with Gasteiger partial charge in [0, 0.05) is 37.6 Å². The zero-order valence-electron chi connectivity index (χ0n) is 19.9. The van der Waals surface area contributed by atoms with Crippen molar-refractivity contribution in [3.05, 3.63) is 60.3 Å². The van der Waals surface area contributed by atoms with E-state index in [0.29, 0.717) is 17.0 Å². The van der Waals surface area contributed by atoms with Crippen molar-refractivity contribution in [1.29, 1.82) is 0 Å². The minimum atomic E-state index is -0.735. The summed E-state index contributed by atoms with van der Waals surface area (Å²) in [6, 6.07) is 9.02. The monoisotopic (exact) mass is 465 g/mol. The largest absolute Gasteiger partial charge is 0.444 e. The fraction of sp³-hybridized carbons (Fsp3) is 0.360. The van der Waals surface area contributed by atoms with E-state index in [1.54, 1.807) is 64.1 Å². The number of likely N-dealkylation sites (N-methyl/N-ethyl adjacent to an activating group) is 1. The van der Waals surface area contributed by atoms with Crippen molar-refractivity contribution in [3.8, 4) is 22.4 Å². The van der Waals surface area contributed by atoms with Crippen LogP contribution in [0.2, 0.25) is 0 Å². The van der Waals surface area contributed by atoms with Crippen LogP contribution < -0.4 is 0 Å². The van der Waals surface area contributed by atoms with Crippen molar-refractivity contribution < 1.29 is 18.7 Å². The molecule has 34 heavy (non-hydrogen) atoms. The molecular formula is C25H28FN5O3. The molecule has 0 N–H and O–H groups in total. The second-order valence-corrected chi connectivity index (χ2v) is 9.47. The molecule has 0 unspecified atom stereocenters. The minimum Gasteiger partial charge on any atom is -0.444 e. The molecule has 3 heterocycles. The van der Waals surface area contributed by atoms with Crippen LogP contribution in [-0.4, -0.2) is 62.8 Å². The maximum absolute atomic E-state index is 13.6. The minimum absolute atomic E-state index is 0.124. The molecule has 0 spiro atoms. The van der Waals surface area contributed by atoms with Crippen LogP contribution in [0.15, 0.2) is 48.8 Å². The third-order valence-electron chi connectivity index (χ3n) is 5.50. The standard InChI is InChI=1S/C25H28FN5O3/c1-25(2,3)34-24(33)30-14-19-21(16-10-12-27-13-11-16)22(17-6-8-18(26)9-7-17)28-31(19)20(15-30)23(32)29(4)5/h6-13,20H,14-15H2,1-5H3/t20-/m1/s1. The number of nitrogens with zero attached hydrogens (tertiary/aromatic N) is 5. The number of benzene rings is 1. The van der Waals surface area contributed by atoms with Gasteiger partial charge in [0.25, 0.3) is 0 Å². The van der Waals surface area contributed by atoms with E-state index in [0.717, 1.165) is 11.1 Å². The Labute approximate surface area is 198 Å². The van der Waals surface area contributed by atoms with E-state index >= 15 is 0 Å². The number of hydrogen-bond donors (Lipinski definition) is 0. The maximum atomic E-state index is 13.6. The van der Waals surface area contributed by atoms with Gasteiger partial charge >= 0.3 is 6.09 Å². The average molecular weight is 466 g/mol. The molecule has 9 heteroatoms. The lowest BCUT2D eigenvalue weighted by Crippen LogP contribution is -2.48. The summed E-state index contributed by atoms with van der Waals surface area (Å²) in [5.74, 6) is -0.543. The first-order chi connectivity index (χ1) is 16.0. The molecule has 1 aliphatic heterocycles. The van der Waals surface area contributed by atoms with Gasteiger partial charge in [-0.05, 0) is 62.7 Å². The maximum Gasteiger partial charge on any atom is 0.410 e. The van der Waals surface area contributed by atoms with Crippen LogP contribution >= 0.6 is 0 Å². The smallest absolute Gasteiger partial charge is 0.410 e. The van der Waals surface area contributed by atoms with Crippen LogP contribution in [-0.2, 0) is 16.1 Å². The molecule has 178 valence electrons. The van der Waals surface area contributed by atoms with E-state index in [1.807, 2.05) is 12.1 Å². The first kappa shape index (κ1) is 23.4. The SMILES string of the molecule is CN(C)C(=O)[C@H]1CN(C(=O)OC(C)(C)C)Cc2c(-c3ccncc3)c(-c3ccc(F)cc3)nn21. The normalized spacial score (nSPS) is 15.6. The van der Waals surface area contributed by atoms with Gasteiger partial charge in [-0.2, -0.15) is 5.10 Å². The molecule has 1 atom stereocenters. The molecule has 3 aromatic rings. The molecule has 0 radical (unpaired) electrons. The molecule has 0 aliphatic carbocycles. The van der Waals surface area contributed by atoms with Gasteiger partial charge in [-0.25, -0.2) is 9.18 Å². The number of carbonyl (C=O) groups is 2. The van der Waals surface area contributed by atoms with Crippen LogP contribution in [0.25, 0.3) is 22.4 Å². The number of hydrogen-bond acceptors (Lipinski definition) is 5. The lowest BCUT2D eigenvalue weighted by Gasteiger charge is -2.35. The van der Waals surface area contributed by atoms with Crippen molar-refractivity contribution in [2.75, 3.05) is 20.6 Å². The van der Waals surface area contributed by atoms with Crippen molar-refractivity contribution in [2.24, 2.45) is 0 Å². The number of rotatable bonds is 3. The number of ether oxygens (including phenoxy) is 1. The van der Waals surface area contributed by atoms with Crippen molar-refractivity contribution in [2.45, 2.75) is 39.0 Å². The number of fused-ring (bicyclic) bond motifs is 1. The predicted octanol–water partition coefficient (Wildman–Crippen LogP) is 4.13. The Balaban J connectivity index is 1.91. The quantitative estimate of drug-likeness (QED) is 0.581. The van der Waals surface area contributed by atoms with Crippen LogP contribution in [0.1, 0.15) is 32.5 Å². The molecule has 4 rings (SSSR count). The topological polar surface area (TPSA) is 80.6 Å². The van der Waals surface area contributed by atoms with Crippen molar-refractivity contribution >= 4 is 12.0 Å². The fourth-order valence-corrected chi connectivity index (χ4v) is 3.99. The summed E-state index contributed by atoms with van der Waals surface area (Å²) in [5, 5.41) is 4.83. The second-order valence-electron chi connectivity index (χ2n) is 9.47. The molecule has 8 nitrogen and oxygen atoms in total. The highest BCUT2D eigenvalue weighted by molar-refractivity contribution is 5.86. The van der Waals surface area contributed by atoms with Gasteiger partial charge in [0.05, 0.1) is 18.8 Å². The highest BCUT2D eigenvalue weighted by atomic mass is 19.1. The van der Waals surface area contributed by atoms with E-state index in [-0.39, 0.29) is 24.8 Å². The number of pyridine rings is 1. The van der Waals surface area contributed by atoms with Gasteiger partial charge < -0.3 is 9.64 Å². The summed E-state index contributed by atoms with van der Waals surface area (Å²) in [6.07, 6.45) is 2.84. The molecule has 0 saturated heterocycles. The lowest BCUT2D eigenvalue weighted by molar-refractivity contribution is -0.133. The first-order valence-corrected chi connectivity index (χ1v) is 11.0. The molecule has 0 bridgehead atoms. The van der Waals surface area contributed by atoms with Crippen molar-refractivity contribution in [3.63, 3.8) is 0 Å². The Morgan fingerprint density at radius 2 is 1.71 bits per heavy atom. The number of carbonyl (C=O) groups excluding carboxylic acids is 2. The number of halogens is 1. The lowest BCUT2D eigenvalue weighted by atomic mass is 9.98. The third-order valence-corrected chi connectivity index (χ3v) is 5.50.